The van der Waals surface area contributed by atoms with E-state index in [1.807, 2.05) is 67.8 Å². The van der Waals surface area contributed by atoms with Crippen molar-refractivity contribution in [2.75, 3.05) is 11.9 Å². The Labute approximate surface area is 134 Å². The Kier molecular flexibility index (Phi) is 4.02. The van der Waals surface area contributed by atoms with Gasteiger partial charge in [-0.3, -0.25) is 4.79 Å². The molecule has 0 aliphatic rings. The summed E-state index contributed by atoms with van der Waals surface area (Å²) >= 11 is 0. The first-order chi connectivity index (χ1) is 11.0. The van der Waals surface area contributed by atoms with Crippen molar-refractivity contribution < 1.29 is 9.53 Å². The standard InChI is InChI=1S/C18H19N3O2/c1-12-6-4-5-7-16(12)23-11-18(22)20-15-8-9-17-19-13(2)14(3)21(17)10-15/h4-10H,11H2,1-3H3,(H,20,22). The van der Waals surface area contributed by atoms with E-state index < -0.39 is 0 Å². The van der Waals surface area contributed by atoms with Crippen LogP contribution in [0.15, 0.2) is 42.6 Å². The monoisotopic (exact) mass is 309 g/mol. The summed E-state index contributed by atoms with van der Waals surface area (Å²) in [6.45, 7) is 5.90. The summed E-state index contributed by atoms with van der Waals surface area (Å²) < 4.78 is 7.52. The highest BCUT2D eigenvalue weighted by atomic mass is 16.5. The summed E-state index contributed by atoms with van der Waals surface area (Å²) in [6, 6.07) is 11.4. The van der Waals surface area contributed by atoms with Gasteiger partial charge < -0.3 is 14.5 Å². The number of fused-ring (bicyclic) bond motifs is 1. The molecule has 118 valence electrons. The van der Waals surface area contributed by atoms with Gasteiger partial charge in [0.1, 0.15) is 11.4 Å². The van der Waals surface area contributed by atoms with Crippen molar-refractivity contribution in [3.05, 3.63) is 59.5 Å². The number of hydrogen-bond acceptors (Lipinski definition) is 3. The average molecular weight is 309 g/mol. The van der Waals surface area contributed by atoms with E-state index in [0.29, 0.717) is 0 Å². The third kappa shape index (κ3) is 3.18. The molecule has 1 N–H and O–H groups in total. The molecule has 0 spiro atoms. The predicted octanol–water partition coefficient (Wildman–Crippen LogP) is 3.28. The average Bonchev–Trinajstić information content (AvgIpc) is 2.81. The number of imidazole rings is 1. The van der Waals surface area contributed by atoms with E-state index in [4.69, 9.17) is 4.74 Å². The number of benzene rings is 1. The van der Waals surface area contributed by atoms with Gasteiger partial charge in [0.15, 0.2) is 6.61 Å². The minimum atomic E-state index is -0.193. The molecule has 0 saturated carbocycles. The topological polar surface area (TPSA) is 55.6 Å². The lowest BCUT2D eigenvalue weighted by molar-refractivity contribution is -0.118. The van der Waals surface area contributed by atoms with Gasteiger partial charge in [0.2, 0.25) is 0 Å². The molecular formula is C18H19N3O2. The van der Waals surface area contributed by atoms with Crippen molar-refractivity contribution in [1.82, 2.24) is 9.38 Å². The third-order valence-electron chi connectivity index (χ3n) is 3.83. The van der Waals surface area contributed by atoms with E-state index in [1.54, 1.807) is 0 Å². The zero-order valence-corrected chi connectivity index (χ0v) is 13.5. The summed E-state index contributed by atoms with van der Waals surface area (Å²) in [7, 11) is 0. The Morgan fingerprint density at radius 1 is 1.17 bits per heavy atom. The molecule has 5 heteroatoms. The van der Waals surface area contributed by atoms with E-state index in [2.05, 4.69) is 10.3 Å². The summed E-state index contributed by atoms with van der Waals surface area (Å²) in [5.74, 6) is 0.529. The quantitative estimate of drug-likeness (QED) is 0.804. The maximum Gasteiger partial charge on any atom is 0.262 e. The Morgan fingerprint density at radius 2 is 1.96 bits per heavy atom. The van der Waals surface area contributed by atoms with Gasteiger partial charge in [-0.2, -0.15) is 0 Å². The van der Waals surface area contributed by atoms with Gasteiger partial charge in [-0.25, -0.2) is 4.98 Å². The Balaban J connectivity index is 1.68. The lowest BCUT2D eigenvalue weighted by Gasteiger charge is -2.10. The highest BCUT2D eigenvalue weighted by Gasteiger charge is 2.08. The van der Waals surface area contributed by atoms with Crippen LogP contribution in [0, 0.1) is 20.8 Å². The zero-order chi connectivity index (χ0) is 16.4. The molecule has 2 heterocycles. The van der Waals surface area contributed by atoms with Crippen molar-refractivity contribution in [3.63, 3.8) is 0 Å². The van der Waals surface area contributed by atoms with Gasteiger partial charge in [0.05, 0.1) is 11.4 Å². The number of hydrogen-bond donors (Lipinski definition) is 1. The molecule has 1 amide bonds. The lowest BCUT2D eigenvalue weighted by Crippen LogP contribution is -2.20. The van der Waals surface area contributed by atoms with Crippen molar-refractivity contribution in [1.29, 1.82) is 0 Å². The number of ether oxygens (including phenoxy) is 1. The fourth-order valence-electron chi connectivity index (χ4n) is 2.41. The summed E-state index contributed by atoms with van der Waals surface area (Å²) in [4.78, 5) is 16.5. The second-order valence-corrected chi connectivity index (χ2v) is 5.53. The van der Waals surface area contributed by atoms with E-state index in [1.165, 1.54) is 0 Å². The molecule has 0 fully saturated rings. The Hall–Kier alpha value is -2.82. The molecule has 23 heavy (non-hydrogen) atoms. The first kappa shape index (κ1) is 15.1. The maximum absolute atomic E-state index is 12.1. The van der Waals surface area contributed by atoms with E-state index in [-0.39, 0.29) is 12.5 Å². The number of para-hydroxylation sites is 1. The molecule has 0 aliphatic carbocycles. The van der Waals surface area contributed by atoms with Crippen molar-refractivity contribution >= 4 is 17.2 Å². The van der Waals surface area contributed by atoms with E-state index >= 15 is 0 Å². The number of aryl methyl sites for hydroxylation is 3. The highest BCUT2D eigenvalue weighted by molar-refractivity contribution is 5.91. The SMILES string of the molecule is Cc1ccccc1OCC(=O)Nc1ccc2nc(C)c(C)n2c1. The van der Waals surface area contributed by atoms with Crippen molar-refractivity contribution in [2.24, 2.45) is 0 Å². The Morgan fingerprint density at radius 3 is 2.74 bits per heavy atom. The van der Waals surface area contributed by atoms with Gasteiger partial charge in [-0.05, 0) is 44.5 Å². The second-order valence-electron chi connectivity index (χ2n) is 5.53. The molecule has 0 bridgehead atoms. The fraction of sp³-hybridized carbons (Fsp3) is 0.222. The fourth-order valence-corrected chi connectivity index (χ4v) is 2.41. The molecule has 0 saturated heterocycles. The van der Waals surface area contributed by atoms with Crippen LogP contribution >= 0.6 is 0 Å². The normalized spacial score (nSPS) is 10.7. The number of rotatable bonds is 4. The molecule has 3 aromatic rings. The molecular weight excluding hydrogens is 290 g/mol. The summed E-state index contributed by atoms with van der Waals surface area (Å²) in [5.41, 5.74) is 4.64. The van der Waals surface area contributed by atoms with Crippen LogP contribution in [-0.4, -0.2) is 21.9 Å². The van der Waals surface area contributed by atoms with Crippen molar-refractivity contribution in [2.45, 2.75) is 20.8 Å². The molecule has 0 unspecified atom stereocenters. The number of amides is 1. The predicted molar refractivity (Wildman–Crippen MR) is 90.0 cm³/mol. The number of carbonyl (C=O) groups excluding carboxylic acids is 1. The van der Waals surface area contributed by atoms with E-state index in [9.17, 15) is 4.79 Å². The lowest BCUT2D eigenvalue weighted by atomic mass is 10.2. The highest BCUT2D eigenvalue weighted by Crippen LogP contribution is 2.17. The largest absolute Gasteiger partial charge is 0.483 e. The number of nitrogens with zero attached hydrogens (tertiary/aromatic N) is 2. The maximum atomic E-state index is 12.1. The Bertz CT molecular complexity index is 868. The molecule has 5 nitrogen and oxygen atoms in total. The van der Waals surface area contributed by atoms with Crippen LogP contribution in [0.25, 0.3) is 5.65 Å². The number of pyridine rings is 1. The van der Waals surface area contributed by atoms with Gasteiger partial charge in [0.25, 0.3) is 5.91 Å². The van der Waals surface area contributed by atoms with Crippen LogP contribution in [0.1, 0.15) is 17.0 Å². The number of anilines is 1. The van der Waals surface area contributed by atoms with Gasteiger partial charge in [0, 0.05) is 11.9 Å². The smallest absolute Gasteiger partial charge is 0.262 e. The van der Waals surface area contributed by atoms with Crippen molar-refractivity contribution in [3.8, 4) is 5.75 Å². The first-order valence-corrected chi connectivity index (χ1v) is 7.48. The minimum Gasteiger partial charge on any atom is -0.483 e. The molecule has 0 atom stereocenters. The second kappa shape index (κ2) is 6.12. The third-order valence-corrected chi connectivity index (χ3v) is 3.83. The molecule has 2 aromatic heterocycles. The summed E-state index contributed by atoms with van der Waals surface area (Å²) in [5, 5.41) is 2.85. The van der Waals surface area contributed by atoms with Crippen LogP contribution in [0.3, 0.4) is 0 Å². The van der Waals surface area contributed by atoms with Crippen LogP contribution in [0.2, 0.25) is 0 Å². The van der Waals surface area contributed by atoms with Crippen LogP contribution in [0.5, 0.6) is 5.75 Å². The molecule has 3 rings (SSSR count). The van der Waals surface area contributed by atoms with Crippen LogP contribution < -0.4 is 10.1 Å². The van der Waals surface area contributed by atoms with Crippen LogP contribution in [-0.2, 0) is 4.79 Å². The number of carbonyl (C=O) groups is 1. The number of nitrogens with one attached hydrogen (secondary N) is 1. The van der Waals surface area contributed by atoms with Gasteiger partial charge >= 0.3 is 0 Å². The minimum absolute atomic E-state index is 0.0230. The summed E-state index contributed by atoms with van der Waals surface area (Å²) in [6.07, 6.45) is 1.87. The zero-order valence-electron chi connectivity index (χ0n) is 13.5. The number of aromatic nitrogens is 2. The van der Waals surface area contributed by atoms with Gasteiger partial charge in [-0.15, -0.1) is 0 Å². The molecule has 0 radical (unpaired) electrons. The van der Waals surface area contributed by atoms with E-state index in [0.717, 1.165) is 34.0 Å². The molecule has 0 aliphatic heterocycles. The molecule has 1 aromatic carbocycles. The first-order valence-electron chi connectivity index (χ1n) is 7.48. The van der Waals surface area contributed by atoms with Crippen LogP contribution in [0.4, 0.5) is 5.69 Å². The van der Waals surface area contributed by atoms with Gasteiger partial charge in [-0.1, -0.05) is 18.2 Å².